The molecule has 3 aromatic rings. The number of hydrogen-bond donors (Lipinski definition) is 1. The molecule has 0 amide bonds. The first-order chi connectivity index (χ1) is 13.0. The molecule has 7 nitrogen and oxygen atoms in total. The number of hydrogen-bond acceptors (Lipinski definition) is 5. The maximum Gasteiger partial charge on any atom is 0.240 e. The molecule has 138 valence electrons. The van der Waals surface area contributed by atoms with E-state index in [4.69, 9.17) is 10.00 Å². The molecule has 0 spiro atoms. The smallest absolute Gasteiger partial charge is 0.240 e. The highest BCUT2D eigenvalue weighted by Gasteiger charge is 2.26. The Morgan fingerprint density at radius 2 is 2.07 bits per heavy atom. The van der Waals surface area contributed by atoms with E-state index in [1.807, 2.05) is 31.2 Å². The zero-order valence-electron chi connectivity index (χ0n) is 14.7. The summed E-state index contributed by atoms with van der Waals surface area (Å²) in [5, 5.41) is 8.84. The van der Waals surface area contributed by atoms with E-state index in [1.165, 1.54) is 24.3 Å². The van der Waals surface area contributed by atoms with Crippen LogP contribution in [0.1, 0.15) is 23.0 Å². The number of nitriles is 1. The van der Waals surface area contributed by atoms with Crippen molar-refractivity contribution in [1.82, 2.24) is 14.3 Å². The number of benzene rings is 2. The Morgan fingerprint density at radius 3 is 2.81 bits per heavy atom. The molecule has 1 aliphatic rings. The summed E-state index contributed by atoms with van der Waals surface area (Å²) in [6, 6.07) is 13.7. The van der Waals surface area contributed by atoms with Crippen molar-refractivity contribution >= 4 is 21.1 Å². The lowest BCUT2D eigenvalue weighted by atomic mass is 10.2. The molecule has 0 bridgehead atoms. The van der Waals surface area contributed by atoms with Gasteiger partial charge < -0.3 is 9.30 Å². The second-order valence-electron chi connectivity index (χ2n) is 6.55. The second-order valence-corrected chi connectivity index (χ2v) is 8.31. The first-order valence-electron chi connectivity index (χ1n) is 8.53. The van der Waals surface area contributed by atoms with Gasteiger partial charge in [-0.15, -0.1) is 0 Å². The van der Waals surface area contributed by atoms with E-state index in [1.54, 1.807) is 0 Å². The van der Waals surface area contributed by atoms with Gasteiger partial charge in [0, 0.05) is 6.54 Å². The van der Waals surface area contributed by atoms with Gasteiger partial charge >= 0.3 is 0 Å². The van der Waals surface area contributed by atoms with E-state index in [-0.39, 0.29) is 17.5 Å². The molecular formula is C19H18N4O3S. The molecule has 1 aromatic heterocycles. The molecule has 0 radical (unpaired) electrons. The maximum atomic E-state index is 12.6. The summed E-state index contributed by atoms with van der Waals surface area (Å²) in [6.07, 6.45) is 0. The second kappa shape index (κ2) is 6.78. The zero-order chi connectivity index (χ0) is 19.0. The lowest BCUT2D eigenvalue weighted by molar-refractivity contribution is 0.0581. The van der Waals surface area contributed by atoms with Crippen LogP contribution in [-0.4, -0.2) is 31.1 Å². The van der Waals surface area contributed by atoms with Crippen LogP contribution in [0.5, 0.6) is 0 Å². The van der Waals surface area contributed by atoms with Crippen molar-refractivity contribution in [2.45, 2.75) is 24.5 Å². The number of nitrogens with one attached hydrogen (secondary N) is 1. The van der Waals surface area contributed by atoms with E-state index in [2.05, 4.69) is 14.3 Å². The minimum absolute atomic E-state index is 0.129. The monoisotopic (exact) mass is 382 g/mol. The highest BCUT2D eigenvalue weighted by atomic mass is 32.2. The third-order valence-corrected chi connectivity index (χ3v) is 6.07. The van der Waals surface area contributed by atoms with Gasteiger partial charge in [0.05, 0.1) is 40.2 Å². The van der Waals surface area contributed by atoms with E-state index >= 15 is 0 Å². The van der Waals surface area contributed by atoms with Crippen LogP contribution in [0.2, 0.25) is 0 Å². The highest BCUT2D eigenvalue weighted by molar-refractivity contribution is 7.89. The van der Waals surface area contributed by atoms with Crippen molar-refractivity contribution in [3.8, 4) is 6.07 Å². The number of aromatic nitrogens is 2. The molecule has 1 aliphatic heterocycles. The Hall–Kier alpha value is -2.73. The fourth-order valence-electron chi connectivity index (χ4n) is 3.28. The lowest BCUT2D eigenvalue weighted by Gasteiger charge is -2.26. The summed E-state index contributed by atoms with van der Waals surface area (Å²) in [7, 11) is -3.68. The fourth-order valence-corrected chi connectivity index (χ4v) is 4.35. The number of ether oxygens (including phenoxy) is 1. The van der Waals surface area contributed by atoms with Crippen molar-refractivity contribution in [1.29, 1.82) is 5.26 Å². The normalized spacial score (nSPS) is 16.8. The van der Waals surface area contributed by atoms with E-state index in [9.17, 15) is 8.42 Å². The van der Waals surface area contributed by atoms with Gasteiger partial charge in [-0.1, -0.05) is 6.07 Å². The summed E-state index contributed by atoms with van der Waals surface area (Å²) in [4.78, 5) is 4.75. The van der Waals surface area contributed by atoms with E-state index < -0.39 is 10.0 Å². The van der Waals surface area contributed by atoms with Crippen LogP contribution < -0.4 is 4.72 Å². The molecule has 27 heavy (non-hydrogen) atoms. The van der Waals surface area contributed by atoms with Crippen LogP contribution in [0.15, 0.2) is 47.4 Å². The minimum Gasteiger partial charge on any atom is -0.371 e. The Kier molecular flexibility index (Phi) is 4.44. The first-order valence-corrected chi connectivity index (χ1v) is 10.0. The molecule has 8 heteroatoms. The molecule has 1 atom stereocenters. The van der Waals surface area contributed by atoms with Crippen LogP contribution in [-0.2, 0) is 21.4 Å². The summed E-state index contributed by atoms with van der Waals surface area (Å²) < 4.78 is 35.5. The Bertz CT molecular complexity index is 1140. The average Bonchev–Trinajstić information content (AvgIpc) is 3.04. The van der Waals surface area contributed by atoms with Crippen molar-refractivity contribution < 1.29 is 13.2 Å². The Balaban J connectivity index is 1.59. The predicted octanol–water partition coefficient (Wildman–Crippen LogP) is 2.27. The van der Waals surface area contributed by atoms with Crippen molar-refractivity contribution in [2.75, 3.05) is 13.2 Å². The number of aryl methyl sites for hydroxylation is 1. The van der Waals surface area contributed by atoms with Crippen LogP contribution in [0.3, 0.4) is 0 Å². The van der Waals surface area contributed by atoms with Gasteiger partial charge in [-0.3, -0.25) is 0 Å². The maximum absolute atomic E-state index is 12.6. The number of nitrogens with zero attached hydrogens (tertiary/aromatic N) is 3. The topological polar surface area (TPSA) is 97.0 Å². The summed E-state index contributed by atoms with van der Waals surface area (Å²) in [5.74, 6) is 0.796. The van der Waals surface area contributed by atoms with Gasteiger partial charge in [0.1, 0.15) is 12.4 Å². The Morgan fingerprint density at radius 1 is 1.30 bits per heavy atom. The van der Waals surface area contributed by atoms with Crippen LogP contribution in [0.25, 0.3) is 11.0 Å². The SMILES string of the molecule is Cc1ccc2c(c1)nc1n2[C@@H](CNS(=O)(=O)c2ccc(C#N)cc2)COC1. The lowest BCUT2D eigenvalue weighted by Crippen LogP contribution is -2.35. The van der Waals surface area contributed by atoms with Crippen LogP contribution in [0.4, 0.5) is 0 Å². The van der Waals surface area contributed by atoms with Crippen molar-refractivity contribution in [3.63, 3.8) is 0 Å². The molecule has 0 aliphatic carbocycles. The quantitative estimate of drug-likeness (QED) is 0.747. The molecule has 1 N–H and O–H groups in total. The fraction of sp³-hybridized carbons (Fsp3) is 0.263. The van der Waals surface area contributed by atoms with Crippen molar-refractivity contribution in [3.05, 3.63) is 59.4 Å². The summed E-state index contributed by atoms with van der Waals surface area (Å²) in [5.41, 5.74) is 3.40. The van der Waals surface area contributed by atoms with Gasteiger partial charge in [-0.25, -0.2) is 18.1 Å². The summed E-state index contributed by atoms with van der Waals surface area (Å²) >= 11 is 0. The first kappa shape index (κ1) is 17.7. The number of rotatable bonds is 4. The van der Waals surface area contributed by atoms with Gasteiger partial charge in [0.2, 0.25) is 10.0 Å². The largest absolute Gasteiger partial charge is 0.371 e. The molecule has 4 rings (SSSR count). The average molecular weight is 382 g/mol. The number of imidazole rings is 1. The van der Waals surface area contributed by atoms with E-state index in [0.29, 0.717) is 18.8 Å². The van der Waals surface area contributed by atoms with Gasteiger partial charge in [0.25, 0.3) is 0 Å². The minimum atomic E-state index is -3.68. The van der Waals surface area contributed by atoms with Gasteiger partial charge in [0.15, 0.2) is 0 Å². The van der Waals surface area contributed by atoms with Crippen molar-refractivity contribution in [2.24, 2.45) is 0 Å². The third kappa shape index (κ3) is 3.32. The highest BCUT2D eigenvalue weighted by Crippen LogP contribution is 2.26. The van der Waals surface area contributed by atoms with E-state index in [0.717, 1.165) is 22.4 Å². The molecule has 2 heterocycles. The van der Waals surface area contributed by atoms with Gasteiger partial charge in [-0.2, -0.15) is 5.26 Å². The van der Waals surface area contributed by atoms with Crippen LogP contribution in [0, 0.1) is 18.3 Å². The number of fused-ring (bicyclic) bond motifs is 3. The molecule has 0 saturated carbocycles. The van der Waals surface area contributed by atoms with Gasteiger partial charge in [-0.05, 0) is 48.9 Å². The zero-order valence-corrected chi connectivity index (χ0v) is 15.5. The third-order valence-electron chi connectivity index (χ3n) is 4.63. The predicted molar refractivity (Wildman–Crippen MR) is 99.5 cm³/mol. The molecule has 2 aromatic carbocycles. The molecule has 0 saturated heterocycles. The molecular weight excluding hydrogens is 364 g/mol. The Labute approximate surface area is 157 Å². The van der Waals surface area contributed by atoms with Crippen LogP contribution >= 0.6 is 0 Å². The molecule has 0 unspecified atom stereocenters. The standard InChI is InChI=1S/C19H18N4O3S/c1-13-2-7-18-17(8-13)22-19-12-26-11-15(23(18)19)10-21-27(24,25)16-5-3-14(9-20)4-6-16/h2-8,15,21H,10-12H2,1H3/t15-/m0/s1. The molecule has 0 fully saturated rings. The summed E-state index contributed by atoms with van der Waals surface area (Å²) in [6.45, 7) is 3.01. The number of sulfonamides is 1.